The largest absolute Gasteiger partial charge is 0.493 e. The van der Waals surface area contributed by atoms with Crippen molar-refractivity contribution in [3.63, 3.8) is 0 Å². The maximum atomic E-state index is 13.1. The summed E-state index contributed by atoms with van der Waals surface area (Å²) < 4.78 is 31.5. The first-order valence-corrected chi connectivity index (χ1v) is 11.8. The van der Waals surface area contributed by atoms with E-state index >= 15 is 0 Å². The SMILES string of the molecule is CCC1CN(c2c(S(C)(=O)=O)ccc(C(=O)c3cnn(CC)c3O)c2Cl)CC(O)O1. The van der Waals surface area contributed by atoms with Gasteiger partial charge >= 0.3 is 0 Å². The average molecular weight is 458 g/mol. The van der Waals surface area contributed by atoms with Crippen molar-refractivity contribution in [2.45, 2.75) is 44.1 Å². The van der Waals surface area contributed by atoms with Crippen LogP contribution >= 0.6 is 11.6 Å². The highest BCUT2D eigenvalue weighted by Gasteiger charge is 2.32. The van der Waals surface area contributed by atoms with E-state index in [-0.39, 0.29) is 45.3 Å². The molecule has 1 aliphatic rings. The molecule has 1 fully saturated rings. The highest BCUT2D eigenvalue weighted by atomic mass is 35.5. The maximum Gasteiger partial charge on any atom is 0.220 e. The third kappa shape index (κ3) is 4.18. The first-order chi connectivity index (χ1) is 14.1. The van der Waals surface area contributed by atoms with Crippen LogP contribution in [0.1, 0.15) is 36.2 Å². The van der Waals surface area contributed by atoms with Gasteiger partial charge in [-0.25, -0.2) is 13.1 Å². The van der Waals surface area contributed by atoms with Gasteiger partial charge < -0.3 is 19.8 Å². The molecule has 1 aliphatic heterocycles. The zero-order valence-corrected chi connectivity index (χ0v) is 18.4. The summed E-state index contributed by atoms with van der Waals surface area (Å²) in [4.78, 5) is 14.6. The van der Waals surface area contributed by atoms with E-state index in [1.807, 2.05) is 6.92 Å². The van der Waals surface area contributed by atoms with Gasteiger partial charge in [0.2, 0.25) is 11.7 Å². The third-order valence-corrected chi connectivity index (χ3v) is 6.51. The Morgan fingerprint density at radius 3 is 2.57 bits per heavy atom. The minimum atomic E-state index is -3.69. The second kappa shape index (κ2) is 8.54. The first kappa shape index (κ1) is 22.5. The van der Waals surface area contributed by atoms with E-state index in [4.69, 9.17) is 16.3 Å². The fourth-order valence-electron chi connectivity index (χ4n) is 3.46. The average Bonchev–Trinajstić information content (AvgIpc) is 3.06. The molecule has 0 saturated carbocycles. The van der Waals surface area contributed by atoms with Gasteiger partial charge in [-0.05, 0) is 25.5 Å². The molecule has 30 heavy (non-hydrogen) atoms. The number of benzene rings is 1. The van der Waals surface area contributed by atoms with E-state index in [2.05, 4.69) is 5.10 Å². The van der Waals surface area contributed by atoms with Crippen molar-refractivity contribution in [1.29, 1.82) is 0 Å². The van der Waals surface area contributed by atoms with Crippen LogP contribution in [0.15, 0.2) is 23.2 Å². The number of nitrogens with zero attached hydrogens (tertiary/aromatic N) is 3. The lowest BCUT2D eigenvalue weighted by Crippen LogP contribution is -2.48. The van der Waals surface area contributed by atoms with Gasteiger partial charge in [0.15, 0.2) is 16.1 Å². The summed E-state index contributed by atoms with van der Waals surface area (Å²) >= 11 is 6.57. The number of anilines is 1. The van der Waals surface area contributed by atoms with E-state index in [1.165, 1.54) is 23.0 Å². The zero-order chi connectivity index (χ0) is 22.2. The summed E-state index contributed by atoms with van der Waals surface area (Å²) in [6.45, 7) is 4.31. The number of hydrogen-bond donors (Lipinski definition) is 2. The number of aromatic nitrogens is 2. The predicted octanol–water partition coefficient (Wildman–Crippen LogP) is 1.83. The molecule has 1 aromatic heterocycles. The fraction of sp³-hybridized carbons (Fsp3) is 0.474. The van der Waals surface area contributed by atoms with E-state index in [0.29, 0.717) is 19.5 Å². The molecule has 2 atom stereocenters. The molecule has 3 rings (SSSR count). The van der Waals surface area contributed by atoms with Gasteiger partial charge in [0.1, 0.15) is 5.56 Å². The second-order valence-electron chi connectivity index (χ2n) is 7.10. The van der Waals surface area contributed by atoms with E-state index < -0.39 is 21.9 Å². The number of carbonyl (C=O) groups excluding carboxylic acids is 1. The molecule has 0 spiro atoms. The summed E-state index contributed by atoms with van der Waals surface area (Å²) in [5.74, 6) is -0.875. The molecule has 1 aromatic carbocycles. The number of carbonyl (C=O) groups is 1. The molecule has 2 unspecified atom stereocenters. The van der Waals surface area contributed by atoms with Crippen molar-refractivity contribution in [2.24, 2.45) is 0 Å². The quantitative estimate of drug-likeness (QED) is 0.630. The second-order valence-corrected chi connectivity index (χ2v) is 9.46. The number of β-amino-alcohol motifs (C(OH)–C–C–N with tert-alkyl or cyclic N) is 1. The molecule has 0 aliphatic carbocycles. The lowest BCUT2D eigenvalue weighted by molar-refractivity contribution is -0.143. The Labute approximate surface area is 179 Å². The van der Waals surface area contributed by atoms with Crippen LogP contribution in [0.5, 0.6) is 5.88 Å². The summed E-state index contributed by atoms with van der Waals surface area (Å²) in [5, 5.41) is 24.2. The highest BCUT2D eigenvalue weighted by Crippen LogP contribution is 2.39. The number of morpholine rings is 1. The lowest BCUT2D eigenvalue weighted by Gasteiger charge is -2.38. The number of ether oxygens (including phenoxy) is 1. The van der Waals surface area contributed by atoms with E-state index in [0.717, 1.165) is 6.26 Å². The van der Waals surface area contributed by atoms with Gasteiger partial charge in [-0.2, -0.15) is 5.10 Å². The Kier molecular flexibility index (Phi) is 6.42. The van der Waals surface area contributed by atoms with Gasteiger partial charge in [0.25, 0.3) is 0 Å². The number of aromatic hydroxyl groups is 1. The molecule has 164 valence electrons. The van der Waals surface area contributed by atoms with Crippen molar-refractivity contribution < 1.29 is 28.2 Å². The van der Waals surface area contributed by atoms with Crippen LogP contribution in [0.3, 0.4) is 0 Å². The van der Waals surface area contributed by atoms with Crippen LogP contribution < -0.4 is 4.90 Å². The number of halogens is 1. The van der Waals surface area contributed by atoms with Crippen molar-refractivity contribution in [3.05, 3.63) is 34.5 Å². The smallest absolute Gasteiger partial charge is 0.220 e. The van der Waals surface area contributed by atoms with Crippen LogP contribution in [0.25, 0.3) is 0 Å². The summed E-state index contributed by atoms with van der Waals surface area (Å²) in [6.07, 6.45) is 1.44. The Hall–Kier alpha value is -2.14. The summed E-state index contributed by atoms with van der Waals surface area (Å²) in [7, 11) is -3.69. The Balaban J connectivity index is 2.15. The lowest BCUT2D eigenvalue weighted by atomic mass is 10.0. The minimum Gasteiger partial charge on any atom is -0.493 e. The zero-order valence-electron chi connectivity index (χ0n) is 16.9. The Morgan fingerprint density at radius 1 is 1.30 bits per heavy atom. The summed E-state index contributed by atoms with van der Waals surface area (Å²) in [5.41, 5.74) is 0.123. The van der Waals surface area contributed by atoms with Crippen molar-refractivity contribution in [1.82, 2.24) is 9.78 Å². The summed E-state index contributed by atoms with van der Waals surface area (Å²) in [6, 6.07) is 2.63. The van der Waals surface area contributed by atoms with Crippen LogP contribution in [-0.4, -0.2) is 65.9 Å². The molecule has 1 saturated heterocycles. The minimum absolute atomic E-state index is 0.00456. The molecule has 2 heterocycles. The number of aliphatic hydroxyl groups is 1. The van der Waals surface area contributed by atoms with Crippen LogP contribution in [0.4, 0.5) is 5.69 Å². The number of aryl methyl sites for hydroxylation is 1. The molecule has 11 heteroatoms. The van der Waals surface area contributed by atoms with Crippen LogP contribution in [-0.2, 0) is 21.1 Å². The Bertz CT molecular complexity index is 1070. The normalized spacial score (nSPS) is 19.8. The molecule has 9 nitrogen and oxygen atoms in total. The van der Waals surface area contributed by atoms with Crippen molar-refractivity contribution in [3.8, 4) is 5.88 Å². The van der Waals surface area contributed by atoms with Crippen LogP contribution in [0.2, 0.25) is 5.02 Å². The number of aliphatic hydroxyl groups excluding tert-OH is 1. The standard InChI is InChI=1S/C19H24ClN3O6S/c1-4-11-9-22(10-15(24)29-11)17-14(30(3,27)28)7-6-12(16(17)20)18(25)13-8-21-23(5-2)19(13)26/h6-8,11,15,24,26H,4-5,9-10H2,1-3H3. The molecule has 0 bridgehead atoms. The number of sulfone groups is 1. The third-order valence-electron chi connectivity index (χ3n) is 5.00. The van der Waals surface area contributed by atoms with Gasteiger partial charge in [-0.15, -0.1) is 0 Å². The monoisotopic (exact) mass is 457 g/mol. The predicted molar refractivity (Wildman–Crippen MR) is 111 cm³/mol. The molecule has 2 N–H and O–H groups in total. The topological polar surface area (TPSA) is 122 Å². The number of hydrogen-bond acceptors (Lipinski definition) is 8. The Morgan fingerprint density at radius 2 is 2.00 bits per heavy atom. The van der Waals surface area contributed by atoms with E-state index in [1.54, 1.807) is 11.8 Å². The number of ketones is 1. The van der Waals surface area contributed by atoms with Gasteiger partial charge in [-0.3, -0.25) is 4.79 Å². The molecular weight excluding hydrogens is 434 g/mol. The van der Waals surface area contributed by atoms with Crippen LogP contribution in [0, 0.1) is 0 Å². The van der Waals surface area contributed by atoms with Crippen molar-refractivity contribution >= 4 is 32.9 Å². The van der Waals surface area contributed by atoms with Gasteiger partial charge in [0, 0.05) is 24.9 Å². The molecule has 0 amide bonds. The molecular formula is C19H24ClN3O6S. The van der Waals surface area contributed by atoms with Gasteiger partial charge in [-0.1, -0.05) is 18.5 Å². The van der Waals surface area contributed by atoms with Gasteiger partial charge in [0.05, 0.1) is 34.5 Å². The first-order valence-electron chi connectivity index (χ1n) is 9.48. The van der Waals surface area contributed by atoms with E-state index in [9.17, 15) is 23.4 Å². The fourth-order valence-corrected chi connectivity index (χ4v) is 4.78. The molecule has 2 aromatic rings. The number of rotatable bonds is 6. The van der Waals surface area contributed by atoms with Crippen molar-refractivity contribution in [2.75, 3.05) is 24.2 Å². The highest BCUT2D eigenvalue weighted by molar-refractivity contribution is 7.90. The maximum absolute atomic E-state index is 13.1. The molecule has 0 radical (unpaired) electrons.